The first kappa shape index (κ1) is 20.0. The van der Waals surface area contributed by atoms with Crippen molar-refractivity contribution in [2.75, 3.05) is 17.6 Å². The van der Waals surface area contributed by atoms with Crippen LogP contribution in [0.15, 0.2) is 42.7 Å². The SMILES string of the molecule is Cc1cc(C(=O)NCC(C)C)ccc1NC(=O)CSCc1cccnc1. The van der Waals surface area contributed by atoms with E-state index in [1.54, 1.807) is 42.4 Å². The van der Waals surface area contributed by atoms with Crippen LogP contribution < -0.4 is 10.6 Å². The number of aryl methyl sites for hydroxylation is 1. The van der Waals surface area contributed by atoms with Crippen molar-refractivity contribution >= 4 is 29.3 Å². The second-order valence-electron chi connectivity index (χ2n) is 6.54. The van der Waals surface area contributed by atoms with Crippen LogP contribution in [-0.2, 0) is 10.5 Å². The molecule has 0 fully saturated rings. The molecule has 1 aromatic heterocycles. The molecule has 0 unspecified atom stereocenters. The molecular weight excluding hydrogens is 346 g/mol. The molecule has 26 heavy (non-hydrogen) atoms. The number of carbonyl (C=O) groups excluding carboxylic acids is 2. The highest BCUT2D eigenvalue weighted by atomic mass is 32.2. The third-order valence-corrected chi connectivity index (χ3v) is 4.66. The molecule has 2 N–H and O–H groups in total. The van der Waals surface area contributed by atoms with Gasteiger partial charge >= 0.3 is 0 Å². The van der Waals surface area contributed by atoms with Crippen LogP contribution in [0.25, 0.3) is 0 Å². The van der Waals surface area contributed by atoms with Gasteiger partial charge in [0.2, 0.25) is 5.91 Å². The zero-order valence-electron chi connectivity index (χ0n) is 15.4. The van der Waals surface area contributed by atoms with Crippen molar-refractivity contribution in [3.63, 3.8) is 0 Å². The van der Waals surface area contributed by atoms with E-state index in [-0.39, 0.29) is 11.8 Å². The molecule has 1 heterocycles. The number of hydrogen-bond donors (Lipinski definition) is 2. The van der Waals surface area contributed by atoms with Crippen LogP contribution >= 0.6 is 11.8 Å². The van der Waals surface area contributed by atoms with Crippen molar-refractivity contribution in [3.8, 4) is 0 Å². The Morgan fingerprint density at radius 1 is 1.23 bits per heavy atom. The number of amides is 2. The van der Waals surface area contributed by atoms with E-state index in [0.717, 1.165) is 22.6 Å². The maximum absolute atomic E-state index is 12.1. The molecule has 0 spiro atoms. The fourth-order valence-corrected chi connectivity index (χ4v) is 3.04. The smallest absolute Gasteiger partial charge is 0.251 e. The molecule has 138 valence electrons. The highest BCUT2D eigenvalue weighted by Gasteiger charge is 2.10. The van der Waals surface area contributed by atoms with Crippen LogP contribution in [0.3, 0.4) is 0 Å². The normalized spacial score (nSPS) is 10.6. The van der Waals surface area contributed by atoms with E-state index < -0.39 is 0 Å². The van der Waals surface area contributed by atoms with Crippen LogP contribution in [0.1, 0.15) is 35.3 Å². The van der Waals surface area contributed by atoms with Gasteiger partial charge in [-0.25, -0.2) is 0 Å². The molecule has 2 amide bonds. The first-order valence-corrected chi connectivity index (χ1v) is 9.76. The number of thioether (sulfide) groups is 1. The minimum absolute atomic E-state index is 0.0565. The highest BCUT2D eigenvalue weighted by molar-refractivity contribution is 7.99. The van der Waals surface area contributed by atoms with E-state index in [1.165, 1.54) is 0 Å². The number of pyridine rings is 1. The van der Waals surface area contributed by atoms with Crippen molar-refractivity contribution in [1.29, 1.82) is 0 Å². The van der Waals surface area contributed by atoms with Gasteiger partial charge in [0.25, 0.3) is 5.91 Å². The third-order valence-electron chi connectivity index (χ3n) is 3.66. The zero-order chi connectivity index (χ0) is 18.9. The standard InChI is InChI=1S/C20H25N3O2S/c1-14(2)10-22-20(25)17-6-7-18(15(3)9-17)23-19(24)13-26-12-16-5-4-8-21-11-16/h4-9,11,14H,10,12-13H2,1-3H3,(H,22,25)(H,23,24). The van der Waals surface area contributed by atoms with Crippen molar-refractivity contribution in [1.82, 2.24) is 10.3 Å². The molecule has 0 saturated carbocycles. The van der Waals surface area contributed by atoms with Crippen LogP contribution in [0.2, 0.25) is 0 Å². The van der Waals surface area contributed by atoms with E-state index in [1.807, 2.05) is 19.1 Å². The van der Waals surface area contributed by atoms with E-state index in [0.29, 0.717) is 23.8 Å². The predicted octanol–water partition coefficient (Wildman–Crippen LogP) is 3.65. The summed E-state index contributed by atoms with van der Waals surface area (Å²) in [7, 11) is 0. The Balaban J connectivity index is 1.84. The van der Waals surface area contributed by atoms with Gasteiger partial charge in [-0.2, -0.15) is 0 Å². The molecule has 0 atom stereocenters. The zero-order valence-corrected chi connectivity index (χ0v) is 16.2. The highest BCUT2D eigenvalue weighted by Crippen LogP contribution is 2.18. The summed E-state index contributed by atoms with van der Waals surface area (Å²) >= 11 is 1.54. The summed E-state index contributed by atoms with van der Waals surface area (Å²) < 4.78 is 0. The van der Waals surface area contributed by atoms with Gasteiger partial charge in [-0.05, 0) is 48.2 Å². The molecule has 0 aliphatic heterocycles. The number of hydrogen-bond acceptors (Lipinski definition) is 4. The number of nitrogens with one attached hydrogen (secondary N) is 2. The Bertz CT molecular complexity index is 748. The molecule has 5 nitrogen and oxygen atoms in total. The minimum Gasteiger partial charge on any atom is -0.352 e. The van der Waals surface area contributed by atoms with Crippen LogP contribution in [0.5, 0.6) is 0 Å². The average molecular weight is 372 g/mol. The largest absolute Gasteiger partial charge is 0.352 e. The Kier molecular flexibility index (Phi) is 7.66. The minimum atomic E-state index is -0.0910. The second-order valence-corrected chi connectivity index (χ2v) is 7.52. The number of rotatable bonds is 8. The lowest BCUT2D eigenvalue weighted by atomic mass is 10.1. The maximum atomic E-state index is 12.1. The summed E-state index contributed by atoms with van der Waals surface area (Å²) in [5.41, 5.74) is 3.30. The van der Waals surface area contributed by atoms with E-state index in [2.05, 4.69) is 29.5 Å². The van der Waals surface area contributed by atoms with Gasteiger partial charge < -0.3 is 10.6 Å². The summed E-state index contributed by atoms with van der Waals surface area (Å²) in [5, 5.41) is 5.80. The lowest BCUT2D eigenvalue weighted by molar-refractivity contribution is -0.113. The number of nitrogens with zero attached hydrogens (tertiary/aromatic N) is 1. The topological polar surface area (TPSA) is 71.1 Å². The van der Waals surface area contributed by atoms with Crippen molar-refractivity contribution in [2.24, 2.45) is 5.92 Å². The fraction of sp³-hybridized carbons (Fsp3) is 0.350. The van der Waals surface area contributed by atoms with Gasteiger partial charge in [0, 0.05) is 35.9 Å². The summed E-state index contributed by atoms with van der Waals surface area (Å²) in [6.45, 7) is 6.63. The lowest BCUT2D eigenvalue weighted by Crippen LogP contribution is -2.27. The van der Waals surface area contributed by atoms with Crippen molar-refractivity contribution < 1.29 is 9.59 Å². The van der Waals surface area contributed by atoms with Crippen molar-refractivity contribution in [2.45, 2.75) is 26.5 Å². The van der Waals surface area contributed by atoms with Crippen LogP contribution in [0, 0.1) is 12.8 Å². The molecule has 1 aromatic carbocycles. The summed E-state index contributed by atoms with van der Waals surface area (Å²) in [5.74, 6) is 1.37. The Morgan fingerprint density at radius 3 is 2.69 bits per heavy atom. The molecule has 0 aliphatic rings. The summed E-state index contributed by atoms with van der Waals surface area (Å²) in [6.07, 6.45) is 3.54. The maximum Gasteiger partial charge on any atom is 0.251 e. The third kappa shape index (κ3) is 6.52. The average Bonchev–Trinajstić information content (AvgIpc) is 2.62. The Hall–Kier alpha value is -2.34. The van der Waals surface area contributed by atoms with Gasteiger partial charge in [0.05, 0.1) is 5.75 Å². The van der Waals surface area contributed by atoms with Gasteiger partial charge in [-0.1, -0.05) is 19.9 Å². The second kappa shape index (κ2) is 9.97. The van der Waals surface area contributed by atoms with E-state index in [9.17, 15) is 9.59 Å². The Morgan fingerprint density at radius 2 is 2.04 bits per heavy atom. The molecule has 6 heteroatoms. The quantitative estimate of drug-likeness (QED) is 0.743. The molecule has 0 bridgehead atoms. The van der Waals surface area contributed by atoms with Gasteiger partial charge in [0.1, 0.15) is 0 Å². The molecular formula is C20H25N3O2S. The lowest BCUT2D eigenvalue weighted by Gasteiger charge is -2.11. The number of anilines is 1. The first-order chi connectivity index (χ1) is 12.5. The van der Waals surface area contributed by atoms with Gasteiger partial charge in [0.15, 0.2) is 0 Å². The van der Waals surface area contributed by atoms with E-state index in [4.69, 9.17) is 0 Å². The molecule has 2 rings (SSSR count). The van der Waals surface area contributed by atoms with Crippen LogP contribution in [-0.4, -0.2) is 29.1 Å². The summed E-state index contributed by atoms with van der Waals surface area (Å²) in [6, 6.07) is 9.20. The first-order valence-electron chi connectivity index (χ1n) is 8.61. The van der Waals surface area contributed by atoms with Crippen molar-refractivity contribution in [3.05, 3.63) is 59.4 Å². The predicted molar refractivity (Wildman–Crippen MR) is 107 cm³/mol. The fourth-order valence-electron chi connectivity index (χ4n) is 2.28. The monoisotopic (exact) mass is 371 g/mol. The Labute approximate surface area is 159 Å². The number of carbonyl (C=O) groups is 2. The molecule has 2 aromatic rings. The number of benzene rings is 1. The summed E-state index contributed by atoms with van der Waals surface area (Å²) in [4.78, 5) is 28.3. The molecule has 0 saturated heterocycles. The van der Waals surface area contributed by atoms with E-state index >= 15 is 0 Å². The van der Waals surface area contributed by atoms with Crippen LogP contribution in [0.4, 0.5) is 5.69 Å². The van der Waals surface area contributed by atoms with Gasteiger partial charge in [-0.15, -0.1) is 11.8 Å². The molecule has 0 aliphatic carbocycles. The van der Waals surface area contributed by atoms with Gasteiger partial charge in [-0.3, -0.25) is 14.6 Å². The number of aromatic nitrogens is 1. The molecule has 0 radical (unpaired) electrons.